The summed E-state index contributed by atoms with van der Waals surface area (Å²) < 4.78 is 20.6. The lowest BCUT2D eigenvalue weighted by Gasteiger charge is -2.29. The van der Waals surface area contributed by atoms with Crippen LogP contribution in [0.3, 0.4) is 0 Å². The van der Waals surface area contributed by atoms with E-state index in [-0.39, 0.29) is 13.0 Å². The second-order valence-corrected chi connectivity index (χ2v) is 5.63. The molecule has 25 heavy (non-hydrogen) atoms. The molecule has 0 aromatic heterocycles. The minimum atomic E-state index is -1.48. The Balaban J connectivity index is 3.12. The van der Waals surface area contributed by atoms with Gasteiger partial charge in [-0.2, -0.15) is 0 Å². The lowest BCUT2D eigenvalue weighted by Crippen LogP contribution is -2.46. The van der Waals surface area contributed by atoms with Crippen molar-refractivity contribution in [2.24, 2.45) is 0 Å². The van der Waals surface area contributed by atoms with Gasteiger partial charge < -0.3 is 29.4 Å². The summed E-state index contributed by atoms with van der Waals surface area (Å²) in [5, 5.41) is 12.7. The fraction of sp³-hybridized carbons (Fsp3) is 0.733. The zero-order valence-electron chi connectivity index (χ0n) is 14.5. The van der Waals surface area contributed by atoms with Crippen molar-refractivity contribution in [3.8, 4) is 0 Å². The molecule has 10 heteroatoms. The van der Waals surface area contributed by atoms with E-state index in [0.29, 0.717) is 0 Å². The Morgan fingerprint density at radius 1 is 1.04 bits per heavy atom. The topological polar surface area (TPSA) is 137 Å². The molecule has 142 valence electrons. The SMILES string of the molecule is CC(=O)NC1CC(OC(C)=O)C(OC(C)=O)C(COC(C)=O)OC1O. The van der Waals surface area contributed by atoms with Crippen LogP contribution in [0.4, 0.5) is 0 Å². The molecule has 1 heterocycles. The third kappa shape index (κ3) is 7.06. The molecule has 0 saturated carbocycles. The first-order chi connectivity index (χ1) is 11.6. The molecule has 5 atom stereocenters. The van der Waals surface area contributed by atoms with Gasteiger partial charge in [0.05, 0.1) is 6.04 Å². The molecule has 1 aliphatic heterocycles. The highest BCUT2D eigenvalue weighted by molar-refractivity contribution is 5.73. The summed E-state index contributed by atoms with van der Waals surface area (Å²) in [6, 6.07) is -0.915. The predicted octanol–water partition coefficient (Wildman–Crippen LogP) is -0.975. The molecule has 1 amide bonds. The molecule has 0 radical (unpaired) electrons. The van der Waals surface area contributed by atoms with Crippen LogP contribution >= 0.6 is 0 Å². The molecule has 0 bridgehead atoms. The normalized spacial score (nSPS) is 29.1. The maximum Gasteiger partial charge on any atom is 0.303 e. The maximum absolute atomic E-state index is 11.4. The second-order valence-electron chi connectivity index (χ2n) is 5.63. The van der Waals surface area contributed by atoms with Gasteiger partial charge in [0.2, 0.25) is 5.91 Å². The zero-order chi connectivity index (χ0) is 19.1. The first-order valence-electron chi connectivity index (χ1n) is 7.68. The van der Waals surface area contributed by atoms with E-state index in [9.17, 15) is 24.3 Å². The standard InChI is InChI=1S/C15H23NO9/c1-7(17)16-11-5-12(23-9(3)19)14(24-10(4)20)13(25-15(11)21)6-22-8(2)18/h11-15,21H,5-6H2,1-4H3,(H,16,17). The molecule has 5 unspecified atom stereocenters. The van der Waals surface area contributed by atoms with Crippen LogP contribution < -0.4 is 5.32 Å². The molecule has 0 aromatic rings. The number of esters is 3. The van der Waals surface area contributed by atoms with Crippen LogP contribution in [0, 0.1) is 0 Å². The average Bonchev–Trinajstić information content (AvgIpc) is 2.55. The number of amides is 1. The average molecular weight is 361 g/mol. The van der Waals surface area contributed by atoms with Gasteiger partial charge in [-0.25, -0.2) is 0 Å². The van der Waals surface area contributed by atoms with Gasteiger partial charge in [-0.3, -0.25) is 19.2 Å². The van der Waals surface area contributed by atoms with Gasteiger partial charge in [-0.1, -0.05) is 0 Å². The number of carbonyl (C=O) groups excluding carboxylic acids is 4. The smallest absolute Gasteiger partial charge is 0.303 e. The number of nitrogens with one attached hydrogen (secondary N) is 1. The number of ether oxygens (including phenoxy) is 4. The third-order valence-electron chi connectivity index (χ3n) is 3.34. The molecular weight excluding hydrogens is 338 g/mol. The minimum absolute atomic E-state index is 0.0607. The van der Waals surface area contributed by atoms with Crippen molar-refractivity contribution in [2.75, 3.05) is 6.61 Å². The van der Waals surface area contributed by atoms with Gasteiger partial charge >= 0.3 is 17.9 Å². The summed E-state index contributed by atoms with van der Waals surface area (Å²) in [6.07, 6.45) is -4.78. The number of hydrogen-bond donors (Lipinski definition) is 2. The van der Waals surface area contributed by atoms with Gasteiger partial charge in [-0.05, 0) is 0 Å². The third-order valence-corrected chi connectivity index (χ3v) is 3.34. The van der Waals surface area contributed by atoms with Crippen molar-refractivity contribution < 1.29 is 43.2 Å². The van der Waals surface area contributed by atoms with E-state index >= 15 is 0 Å². The number of carbonyl (C=O) groups is 4. The molecule has 0 aliphatic carbocycles. The molecule has 0 aromatic carbocycles. The summed E-state index contributed by atoms with van der Waals surface area (Å²) in [4.78, 5) is 45.2. The number of aliphatic hydroxyl groups excluding tert-OH is 1. The number of aliphatic hydroxyl groups is 1. The Morgan fingerprint density at radius 3 is 2.12 bits per heavy atom. The maximum atomic E-state index is 11.4. The number of rotatable bonds is 5. The Bertz CT molecular complexity index is 521. The fourth-order valence-electron chi connectivity index (χ4n) is 2.49. The van der Waals surface area contributed by atoms with E-state index in [1.54, 1.807) is 0 Å². The quantitative estimate of drug-likeness (QED) is 0.467. The zero-order valence-corrected chi connectivity index (χ0v) is 14.5. The monoisotopic (exact) mass is 361 g/mol. The van der Waals surface area contributed by atoms with Crippen LogP contribution in [0.1, 0.15) is 34.1 Å². The number of hydrogen-bond acceptors (Lipinski definition) is 9. The van der Waals surface area contributed by atoms with Crippen molar-refractivity contribution in [1.29, 1.82) is 0 Å². The van der Waals surface area contributed by atoms with Crippen molar-refractivity contribution in [2.45, 2.75) is 64.8 Å². The molecule has 1 rings (SSSR count). The summed E-state index contributed by atoms with van der Waals surface area (Å²) in [5.41, 5.74) is 0. The second kappa shape index (κ2) is 9.33. The minimum Gasteiger partial charge on any atom is -0.463 e. The van der Waals surface area contributed by atoms with Crippen molar-refractivity contribution >= 4 is 23.8 Å². The summed E-state index contributed by atoms with van der Waals surface area (Å²) >= 11 is 0. The van der Waals surface area contributed by atoms with Crippen LogP contribution in [-0.4, -0.2) is 66.2 Å². The van der Waals surface area contributed by atoms with Gasteiger partial charge in [0.25, 0.3) is 0 Å². The molecule has 0 spiro atoms. The summed E-state index contributed by atoms with van der Waals surface area (Å²) in [6.45, 7) is 4.41. The van der Waals surface area contributed by atoms with Crippen LogP contribution in [0.5, 0.6) is 0 Å². The highest BCUT2D eigenvalue weighted by atomic mass is 16.7. The molecule has 1 fully saturated rings. The van der Waals surface area contributed by atoms with Crippen molar-refractivity contribution in [3.63, 3.8) is 0 Å². The Labute approximate surface area is 144 Å². The first-order valence-corrected chi connectivity index (χ1v) is 7.68. The summed E-state index contributed by atoms with van der Waals surface area (Å²) in [5.74, 6) is -2.36. The molecule has 10 nitrogen and oxygen atoms in total. The van der Waals surface area contributed by atoms with Crippen LogP contribution in [-0.2, 0) is 38.1 Å². The van der Waals surface area contributed by atoms with Crippen molar-refractivity contribution in [1.82, 2.24) is 5.32 Å². The Kier molecular flexibility index (Phi) is 7.78. The van der Waals surface area contributed by atoms with E-state index in [2.05, 4.69) is 5.32 Å². The van der Waals surface area contributed by atoms with E-state index < -0.39 is 54.5 Å². The van der Waals surface area contributed by atoms with Crippen LogP contribution in [0.25, 0.3) is 0 Å². The lowest BCUT2D eigenvalue weighted by atomic mass is 10.0. The Morgan fingerprint density at radius 2 is 1.64 bits per heavy atom. The molecule has 1 aliphatic rings. The molecule has 1 saturated heterocycles. The fourth-order valence-corrected chi connectivity index (χ4v) is 2.49. The molecule has 2 N–H and O–H groups in total. The van der Waals surface area contributed by atoms with E-state index in [1.807, 2.05) is 0 Å². The highest BCUT2D eigenvalue weighted by Crippen LogP contribution is 2.25. The van der Waals surface area contributed by atoms with E-state index in [1.165, 1.54) is 20.8 Å². The van der Waals surface area contributed by atoms with Gasteiger partial charge in [0.15, 0.2) is 12.4 Å². The van der Waals surface area contributed by atoms with Crippen LogP contribution in [0.2, 0.25) is 0 Å². The van der Waals surface area contributed by atoms with Crippen LogP contribution in [0.15, 0.2) is 0 Å². The van der Waals surface area contributed by atoms with Gasteiger partial charge in [-0.15, -0.1) is 0 Å². The van der Waals surface area contributed by atoms with Gasteiger partial charge in [0.1, 0.15) is 18.8 Å². The van der Waals surface area contributed by atoms with Gasteiger partial charge in [0, 0.05) is 34.1 Å². The highest BCUT2D eigenvalue weighted by Gasteiger charge is 2.44. The summed E-state index contributed by atoms with van der Waals surface area (Å²) in [7, 11) is 0. The lowest BCUT2D eigenvalue weighted by molar-refractivity contribution is -0.202. The van der Waals surface area contributed by atoms with E-state index in [0.717, 1.165) is 6.92 Å². The van der Waals surface area contributed by atoms with E-state index in [4.69, 9.17) is 18.9 Å². The predicted molar refractivity (Wildman–Crippen MR) is 80.8 cm³/mol. The first kappa shape index (κ1) is 20.8. The largest absolute Gasteiger partial charge is 0.463 e. The Hall–Kier alpha value is -2.20. The van der Waals surface area contributed by atoms with Crippen molar-refractivity contribution in [3.05, 3.63) is 0 Å². The molecular formula is C15H23NO9.